The molecule has 0 aliphatic carbocycles. The van der Waals surface area contributed by atoms with Crippen LogP contribution < -0.4 is 10.6 Å². The lowest BCUT2D eigenvalue weighted by Crippen LogP contribution is -2.48. The van der Waals surface area contributed by atoms with Crippen molar-refractivity contribution >= 4 is 5.91 Å². The van der Waals surface area contributed by atoms with Crippen LogP contribution in [0.25, 0.3) is 0 Å². The molecule has 0 bridgehead atoms. The van der Waals surface area contributed by atoms with Gasteiger partial charge in [0.05, 0.1) is 24.7 Å². The molecule has 118 valence electrons. The third-order valence-electron chi connectivity index (χ3n) is 3.57. The fraction of sp³-hybridized carbons (Fsp3) is 0.933. The van der Waals surface area contributed by atoms with Gasteiger partial charge in [0, 0.05) is 12.6 Å². The van der Waals surface area contributed by atoms with Crippen molar-refractivity contribution in [1.29, 1.82) is 0 Å². The highest BCUT2D eigenvalue weighted by Crippen LogP contribution is 2.17. The van der Waals surface area contributed by atoms with Gasteiger partial charge >= 0.3 is 0 Å². The van der Waals surface area contributed by atoms with Crippen molar-refractivity contribution in [2.45, 2.75) is 52.2 Å². The smallest absolute Gasteiger partial charge is 0.227 e. The van der Waals surface area contributed by atoms with Gasteiger partial charge in [-0.05, 0) is 32.2 Å². The van der Waals surface area contributed by atoms with Gasteiger partial charge in [-0.2, -0.15) is 0 Å². The molecule has 5 nitrogen and oxygen atoms in total. The Labute approximate surface area is 122 Å². The fourth-order valence-electron chi connectivity index (χ4n) is 2.70. The van der Waals surface area contributed by atoms with Gasteiger partial charge in [-0.3, -0.25) is 4.79 Å². The normalized spacial score (nSPS) is 25.7. The molecular weight excluding hydrogens is 256 g/mol. The molecule has 3 unspecified atom stereocenters. The van der Waals surface area contributed by atoms with Crippen LogP contribution in [0.2, 0.25) is 0 Å². The van der Waals surface area contributed by atoms with Gasteiger partial charge in [-0.15, -0.1) is 0 Å². The van der Waals surface area contributed by atoms with Crippen molar-refractivity contribution in [2.75, 3.05) is 26.3 Å². The molecule has 0 aromatic rings. The SMILES string of the molecule is CCCNC1COCC1C(=O)NCC(C)(O)CC(C)C. The molecule has 0 radical (unpaired) electrons. The third-order valence-corrected chi connectivity index (χ3v) is 3.57. The van der Waals surface area contributed by atoms with Crippen LogP contribution in [0, 0.1) is 11.8 Å². The average molecular weight is 286 g/mol. The Balaban J connectivity index is 2.41. The van der Waals surface area contributed by atoms with Crippen LogP contribution in [0.15, 0.2) is 0 Å². The Hall–Kier alpha value is -0.650. The molecule has 1 aliphatic heterocycles. The van der Waals surface area contributed by atoms with Crippen molar-refractivity contribution in [3.63, 3.8) is 0 Å². The van der Waals surface area contributed by atoms with Crippen LogP contribution in [0.3, 0.4) is 0 Å². The molecule has 0 aromatic heterocycles. The summed E-state index contributed by atoms with van der Waals surface area (Å²) in [4.78, 5) is 12.2. The second kappa shape index (κ2) is 7.96. The number of nitrogens with one attached hydrogen (secondary N) is 2. The summed E-state index contributed by atoms with van der Waals surface area (Å²) in [6, 6.07) is 0.0880. The molecule has 1 heterocycles. The lowest BCUT2D eigenvalue weighted by molar-refractivity contribution is -0.126. The quantitative estimate of drug-likeness (QED) is 0.620. The van der Waals surface area contributed by atoms with Gasteiger partial charge in [-0.25, -0.2) is 0 Å². The number of carbonyl (C=O) groups excluding carboxylic acids is 1. The first kappa shape index (κ1) is 17.4. The first-order valence-corrected chi connectivity index (χ1v) is 7.67. The van der Waals surface area contributed by atoms with Crippen LogP contribution >= 0.6 is 0 Å². The van der Waals surface area contributed by atoms with E-state index >= 15 is 0 Å². The molecule has 1 saturated heterocycles. The summed E-state index contributed by atoms with van der Waals surface area (Å²) < 4.78 is 5.40. The first-order valence-electron chi connectivity index (χ1n) is 7.67. The summed E-state index contributed by atoms with van der Waals surface area (Å²) >= 11 is 0. The third kappa shape index (κ3) is 5.77. The number of hydrogen-bond donors (Lipinski definition) is 3. The summed E-state index contributed by atoms with van der Waals surface area (Å²) in [7, 11) is 0. The van der Waals surface area contributed by atoms with Gasteiger partial charge in [0.15, 0.2) is 0 Å². The van der Waals surface area contributed by atoms with E-state index in [0.29, 0.717) is 32.1 Å². The van der Waals surface area contributed by atoms with E-state index in [9.17, 15) is 9.90 Å². The zero-order chi connectivity index (χ0) is 15.2. The lowest BCUT2D eigenvalue weighted by Gasteiger charge is -2.27. The second-order valence-electron chi connectivity index (χ2n) is 6.52. The van der Waals surface area contributed by atoms with Gasteiger partial charge in [-0.1, -0.05) is 20.8 Å². The van der Waals surface area contributed by atoms with Crippen LogP contribution in [-0.4, -0.2) is 49.0 Å². The maximum absolute atomic E-state index is 12.2. The molecule has 0 spiro atoms. The average Bonchev–Trinajstić information content (AvgIpc) is 2.80. The predicted octanol–water partition coefficient (Wildman–Crippen LogP) is 0.914. The minimum absolute atomic E-state index is 0.0277. The molecule has 5 heteroatoms. The Bertz CT molecular complexity index is 305. The second-order valence-corrected chi connectivity index (χ2v) is 6.52. The summed E-state index contributed by atoms with van der Waals surface area (Å²) in [6.07, 6.45) is 1.71. The van der Waals surface area contributed by atoms with Gasteiger partial charge in [0.25, 0.3) is 0 Å². The maximum Gasteiger partial charge on any atom is 0.227 e. The predicted molar refractivity (Wildman–Crippen MR) is 79.5 cm³/mol. The van der Waals surface area contributed by atoms with E-state index < -0.39 is 5.60 Å². The van der Waals surface area contributed by atoms with E-state index in [1.54, 1.807) is 6.92 Å². The summed E-state index contributed by atoms with van der Waals surface area (Å²) in [5, 5.41) is 16.4. The fourth-order valence-corrected chi connectivity index (χ4v) is 2.70. The van der Waals surface area contributed by atoms with Gasteiger partial charge in [0.2, 0.25) is 5.91 Å². The first-order chi connectivity index (χ1) is 9.35. The van der Waals surface area contributed by atoms with E-state index in [1.165, 1.54) is 0 Å². The number of ether oxygens (including phenoxy) is 1. The standard InChI is InChI=1S/C15H30N2O3/c1-5-6-16-13-9-20-8-12(13)14(18)17-10-15(4,19)7-11(2)3/h11-13,16,19H,5-10H2,1-4H3,(H,17,18). The van der Waals surface area contributed by atoms with E-state index in [4.69, 9.17) is 4.74 Å². The van der Waals surface area contributed by atoms with E-state index in [0.717, 1.165) is 13.0 Å². The molecule has 1 rings (SSSR count). The Morgan fingerprint density at radius 3 is 2.75 bits per heavy atom. The van der Waals surface area contributed by atoms with Crippen molar-refractivity contribution in [3.05, 3.63) is 0 Å². The Morgan fingerprint density at radius 2 is 2.15 bits per heavy atom. The van der Waals surface area contributed by atoms with Crippen LogP contribution in [0.4, 0.5) is 0 Å². The minimum Gasteiger partial charge on any atom is -0.388 e. The zero-order valence-corrected chi connectivity index (χ0v) is 13.2. The molecule has 3 N–H and O–H groups in total. The monoisotopic (exact) mass is 286 g/mol. The molecular formula is C15H30N2O3. The van der Waals surface area contributed by atoms with Gasteiger partial charge in [0.1, 0.15) is 0 Å². The van der Waals surface area contributed by atoms with Crippen molar-refractivity contribution < 1.29 is 14.6 Å². The number of amides is 1. The minimum atomic E-state index is -0.852. The molecule has 0 saturated carbocycles. The Morgan fingerprint density at radius 1 is 1.45 bits per heavy atom. The summed E-state index contributed by atoms with van der Waals surface area (Å²) in [6.45, 7) is 10.2. The van der Waals surface area contributed by atoms with Crippen molar-refractivity contribution in [3.8, 4) is 0 Å². The molecule has 1 amide bonds. The highest BCUT2D eigenvalue weighted by molar-refractivity contribution is 5.79. The number of carbonyl (C=O) groups is 1. The number of aliphatic hydroxyl groups is 1. The lowest BCUT2D eigenvalue weighted by atomic mass is 9.94. The van der Waals surface area contributed by atoms with Crippen LogP contribution in [-0.2, 0) is 9.53 Å². The summed E-state index contributed by atoms with van der Waals surface area (Å²) in [5.41, 5.74) is -0.852. The van der Waals surface area contributed by atoms with Gasteiger partial charge < -0.3 is 20.5 Å². The topological polar surface area (TPSA) is 70.6 Å². The van der Waals surface area contributed by atoms with Crippen LogP contribution in [0.5, 0.6) is 0 Å². The number of hydrogen-bond acceptors (Lipinski definition) is 4. The molecule has 1 aliphatic rings. The molecule has 20 heavy (non-hydrogen) atoms. The number of rotatable bonds is 8. The van der Waals surface area contributed by atoms with E-state index in [2.05, 4.69) is 31.4 Å². The summed E-state index contributed by atoms with van der Waals surface area (Å²) in [5.74, 6) is 0.215. The van der Waals surface area contributed by atoms with Crippen molar-refractivity contribution in [1.82, 2.24) is 10.6 Å². The van der Waals surface area contributed by atoms with E-state index in [-0.39, 0.29) is 17.9 Å². The van der Waals surface area contributed by atoms with Crippen molar-refractivity contribution in [2.24, 2.45) is 11.8 Å². The maximum atomic E-state index is 12.2. The molecule has 3 atom stereocenters. The molecule has 1 fully saturated rings. The Kier molecular flexibility index (Phi) is 6.92. The largest absolute Gasteiger partial charge is 0.388 e. The van der Waals surface area contributed by atoms with Crippen LogP contribution in [0.1, 0.15) is 40.5 Å². The molecule has 0 aromatic carbocycles. The highest BCUT2D eigenvalue weighted by Gasteiger charge is 2.34. The zero-order valence-electron chi connectivity index (χ0n) is 13.2. The highest BCUT2D eigenvalue weighted by atomic mass is 16.5. The van der Waals surface area contributed by atoms with E-state index in [1.807, 2.05) is 0 Å².